The molecule has 0 radical (unpaired) electrons. The van der Waals surface area contributed by atoms with Gasteiger partial charge in [-0.25, -0.2) is 4.39 Å². The molecule has 0 spiro atoms. The Bertz CT molecular complexity index is 564. The number of rotatable bonds is 11. The first-order valence-corrected chi connectivity index (χ1v) is 13.1. The molecule has 2 fully saturated rings. The molecule has 9 atom stereocenters. The van der Waals surface area contributed by atoms with Crippen molar-refractivity contribution in [2.24, 2.45) is 5.92 Å². The van der Waals surface area contributed by atoms with Gasteiger partial charge in [0.05, 0.1) is 24.1 Å². The maximum absolute atomic E-state index is 13.0. The van der Waals surface area contributed by atoms with E-state index in [1.54, 1.807) is 13.2 Å². The SMILES string of the molecule is CS[C@H]1O[C@H]([C@H](NC(=O)[C@@H]2CC[C@H](CCCOCCF)CCN2)[C@H](C)Cl)[C@H](O)[C@H](O)[C@H]1O. The fourth-order valence-corrected chi connectivity index (χ4v) is 5.23. The Hall–Kier alpha value is -0.200. The molecule has 188 valence electrons. The van der Waals surface area contributed by atoms with Gasteiger partial charge in [-0.1, -0.05) is 0 Å². The van der Waals surface area contributed by atoms with E-state index in [2.05, 4.69) is 10.6 Å². The predicted molar refractivity (Wildman–Crippen MR) is 123 cm³/mol. The van der Waals surface area contributed by atoms with E-state index in [9.17, 15) is 24.5 Å². The fraction of sp³-hybridized carbons (Fsp3) is 0.952. The van der Waals surface area contributed by atoms with Gasteiger partial charge in [0.1, 0.15) is 36.5 Å². The van der Waals surface area contributed by atoms with Gasteiger partial charge in [0, 0.05) is 6.61 Å². The second-order valence-corrected chi connectivity index (χ2v) is 10.2. The van der Waals surface area contributed by atoms with Gasteiger partial charge in [-0.3, -0.25) is 4.79 Å². The second-order valence-electron chi connectivity index (χ2n) is 8.57. The molecule has 0 aromatic heterocycles. The summed E-state index contributed by atoms with van der Waals surface area (Å²) in [6, 6.07) is -1.14. The van der Waals surface area contributed by atoms with E-state index < -0.39 is 54.0 Å². The Morgan fingerprint density at radius 3 is 2.66 bits per heavy atom. The monoisotopic (exact) mass is 500 g/mol. The molecule has 0 aromatic rings. The molecule has 32 heavy (non-hydrogen) atoms. The van der Waals surface area contributed by atoms with E-state index in [1.807, 2.05) is 0 Å². The molecule has 0 saturated carbocycles. The van der Waals surface area contributed by atoms with E-state index in [0.717, 1.165) is 25.7 Å². The number of carbonyl (C=O) groups is 1. The van der Waals surface area contributed by atoms with Crippen LogP contribution < -0.4 is 10.6 Å². The number of thioether (sulfide) groups is 1. The zero-order valence-corrected chi connectivity index (χ0v) is 20.4. The van der Waals surface area contributed by atoms with Crippen molar-refractivity contribution in [3.05, 3.63) is 0 Å². The van der Waals surface area contributed by atoms with Crippen LogP contribution in [0, 0.1) is 5.92 Å². The quantitative estimate of drug-likeness (QED) is 0.209. The van der Waals surface area contributed by atoms with Gasteiger partial charge >= 0.3 is 0 Å². The molecule has 2 heterocycles. The van der Waals surface area contributed by atoms with Gasteiger partial charge in [-0.2, -0.15) is 0 Å². The summed E-state index contributed by atoms with van der Waals surface area (Å²) >= 11 is 7.55. The van der Waals surface area contributed by atoms with Crippen LogP contribution in [-0.2, 0) is 14.3 Å². The minimum atomic E-state index is -1.40. The van der Waals surface area contributed by atoms with Crippen molar-refractivity contribution in [3.63, 3.8) is 0 Å². The van der Waals surface area contributed by atoms with Gasteiger partial charge < -0.3 is 35.4 Å². The Morgan fingerprint density at radius 2 is 2.00 bits per heavy atom. The summed E-state index contributed by atoms with van der Waals surface area (Å²) in [6.07, 6.45) is 1.10. The summed E-state index contributed by atoms with van der Waals surface area (Å²) in [4.78, 5) is 13.0. The first-order chi connectivity index (χ1) is 15.3. The van der Waals surface area contributed by atoms with Crippen LogP contribution in [0.15, 0.2) is 0 Å². The molecule has 0 bridgehead atoms. The predicted octanol–water partition coefficient (Wildman–Crippen LogP) is 0.794. The van der Waals surface area contributed by atoms with Crippen LogP contribution >= 0.6 is 23.4 Å². The van der Waals surface area contributed by atoms with Crippen LogP contribution in [-0.4, -0.2) is 101 Å². The van der Waals surface area contributed by atoms with Crippen LogP contribution in [0.1, 0.15) is 39.0 Å². The molecule has 2 aliphatic heterocycles. The molecular weight excluding hydrogens is 463 g/mol. The van der Waals surface area contributed by atoms with Crippen molar-refractivity contribution in [1.82, 2.24) is 10.6 Å². The largest absolute Gasteiger partial charge is 0.388 e. The molecule has 0 unspecified atom stereocenters. The third-order valence-electron chi connectivity index (χ3n) is 6.24. The zero-order valence-electron chi connectivity index (χ0n) is 18.8. The van der Waals surface area contributed by atoms with E-state index in [-0.39, 0.29) is 12.5 Å². The third kappa shape index (κ3) is 7.94. The molecule has 0 aromatic carbocycles. The van der Waals surface area contributed by atoms with Crippen molar-refractivity contribution in [1.29, 1.82) is 0 Å². The van der Waals surface area contributed by atoms with E-state index in [1.165, 1.54) is 11.8 Å². The summed E-state index contributed by atoms with van der Waals surface area (Å²) in [5.41, 5.74) is -0.737. The Balaban J connectivity index is 1.91. The molecule has 8 nitrogen and oxygen atoms in total. The van der Waals surface area contributed by atoms with Crippen LogP contribution in [0.5, 0.6) is 0 Å². The third-order valence-corrected chi connectivity index (χ3v) is 7.37. The summed E-state index contributed by atoms with van der Waals surface area (Å²) in [5.74, 6) is 0.242. The summed E-state index contributed by atoms with van der Waals surface area (Å²) in [5, 5.41) is 36.4. The highest BCUT2D eigenvalue weighted by molar-refractivity contribution is 7.99. The van der Waals surface area contributed by atoms with Crippen molar-refractivity contribution in [3.8, 4) is 0 Å². The first-order valence-electron chi connectivity index (χ1n) is 11.3. The van der Waals surface area contributed by atoms with E-state index in [0.29, 0.717) is 25.5 Å². The number of nitrogens with one attached hydrogen (secondary N) is 2. The molecular formula is C21H38ClFN2O6S. The molecule has 2 saturated heterocycles. The number of aliphatic hydroxyl groups is 3. The average molecular weight is 501 g/mol. The van der Waals surface area contributed by atoms with Crippen molar-refractivity contribution in [2.75, 3.05) is 32.7 Å². The van der Waals surface area contributed by atoms with E-state index in [4.69, 9.17) is 21.1 Å². The highest BCUT2D eigenvalue weighted by atomic mass is 35.5. The average Bonchev–Trinajstić information content (AvgIpc) is 3.02. The number of halogens is 2. The molecule has 2 aliphatic rings. The zero-order chi connectivity index (χ0) is 23.7. The number of hydrogen-bond donors (Lipinski definition) is 5. The molecule has 2 rings (SSSR count). The number of ether oxygens (including phenoxy) is 2. The van der Waals surface area contributed by atoms with Crippen molar-refractivity contribution in [2.45, 2.75) is 86.3 Å². The van der Waals surface area contributed by atoms with Crippen LogP contribution in [0.4, 0.5) is 4.39 Å². The lowest BCUT2D eigenvalue weighted by Crippen LogP contribution is -2.65. The summed E-state index contributed by atoms with van der Waals surface area (Å²) in [6.45, 7) is 2.62. The van der Waals surface area contributed by atoms with Crippen LogP contribution in [0.3, 0.4) is 0 Å². The number of hydrogen-bond acceptors (Lipinski definition) is 8. The summed E-state index contributed by atoms with van der Waals surface area (Å²) < 4.78 is 23.1. The van der Waals surface area contributed by atoms with Crippen molar-refractivity contribution >= 4 is 29.3 Å². The number of carbonyl (C=O) groups excluding carboxylic acids is 1. The fourth-order valence-electron chi connectivity index (χ4n) is 4.34. The lowest BCUT2D eigenvalue weighted by molar-refractivity contribution is -0.205. The second kappa shape index (κ2) is 14.3. The number of aliphatic hydroxyl groups excluding tert-OH is 3. The van der Waals surface area contributed by atoms with Gasteiger partial charge in [-0.05, 0) is 57.7 Å². The summed E-state index contributed by atoms with van der Waals surface area (Å²) in [7, 11) is 0. The minimum Gasteiger partial charge on any atom is -0.388 e. The molecule has 0 aliphatic carbocycles. The van der Waals surface area contributed by atoms with E-state index >= 15 is 0 Å². The Labute approximate surface area is 198 Å². The lowest BCUT2D eigenvalue weighted by atomic mass is 9.92. The topological polar surface area (TPSA) is 120 Å². The smallest absolute Gasteiger partial charge is 0.237 e. The van der Waals surface area contributed by atoms with Gasteiger partial charge in [0.2, 0.25) is 5.91 Å². The van der Waals surface area contributed by atoms with Gasteiger partial charge in [0.15, 0.2) is 0 Å². The van der Waals surface area contributed by atoms with Gasteiger partial charge in [-0.15, -0.1) is 23.4 Å². The highest BCUT2D eigenvalue weighted by Gasteiger charge is 2.48. The Kier molecular flexibility index (Phi) is 12.5. The molecule has 5 N–H and O–H groups in total. The molecule has 11 heteroatoms. The number of alkyl halides is 2. The standard InChI is InChI=1S/C21H38ClFN2O6S/c1-12(22)15(19-17(27)16(26)18(28)21(31-19)32-2)25-20(29)14-6-5-13(7-9-24-14)4-3-10-30-11-8-23/h12-19,21,24,26-28H,3-11H2,1-2H3,(H,25,29)/t12-,13-,14-,15+,16-,17+,18+,19+,21+/m0/s1. The first kappa shape index (κ1) is 28.0. The maximum Gasteiger partial charge on any atom is 0.237 e. The van der Waals surface area contributed by atoms with Crippen LogP contribution in [0.2, 0.25) is 0 Å². The normalized spacial score (nSPS) is 35.7. The maximum atomic E-state index is 13.0. The number of amides is 1. The van der Waals surface area contributed by atoms with Crippen molar-refractivity contribution < 1.29 is 34.0 Å². The lowest BCUT2D eigenvalue weighted by Gasteiger charge is -2.44. The Morgan fingerprint density at radius 1 is 1.25 bits per heavy atom. The highest BCUT2D eigenvalue weighted by Crippen LogP contribution is 2.30. The van der Waals surface area contributed by atoms with Gasteiger partial charge in [0.25, 0.3) is 0 Å². The van der Waals surface area contributed by atoms with Crippen LogP contribution in [0.25, 0.3) is 0 Å². The minimum absolute atomic E-state index is 0.141. The molecule has 1 amide bonds.